The molecule has 1 aromatic rings. The van der Waals surface area contributed by atoms with Crippen LogP contribution in [0.4, 0.5) is 0 Å². The van der Waals surface area contributed by atoms with Crippen LogP contribution in [0.1, 0.15) is 36.2 Å². The van der Waals surface area contributed by atoms with E-state index in [9.17, 15) is 4.79 Å². The Morgan fingerprint density at radius 3 is 2.76 bits per heavy atom. The minimum absolute atomic E-state index is 0.0394. The predicted octanol–water partition coefficient (Wildman–Crippen LogP) is 3.61. The molecule has 0 aromatic carbocycles. The molecular formula is C13H16BrNO2. The van der Waals surface area contributed by atoms with E-state index in [0.29, 0.717) is 23.0 Å². The van der Waals surface area contributed by atoms with Crippen molar-refractivity contribution in [1.29, 1.82) is 0 Å². The third-order valence-electron chi connectivity index (χ3n) is 3.14. The second-order valence-corrected chi connectivity index (χ2v) is 5.07. The van der Waals surface area contributed by atoms with Crippen molar-refractivity contribution in [3.8, 4) is 0 Å². The zero-order valence-electron chi connectivity index (χ0n) is 9.69. The fourth-order valence-corrected chi connectivity index (χ4v) is 2.63. The highest BCUT2D eigenvalue weighted by molar-refractivity contribution is 9.10. The number of hydrogen-bond donors (Lipinski definition) is 0. The largest absolute Gasteiger partial charge is 0.444 e. The predicted molar refractivity (Wildman–Crippen MR) is 69.9 cm³/mol. The Bertz CT molecular complexity index is 407. The van der Waals surface area contributed by atoms with Gasteiger partial charge in [0.1, 0.15) is 0 Å². The van der Waals surface area contributed by atoms with Crippen LogP contribution in [0.3, 0.4) is 0 Å². The van der Waals surface area contributed by atoms with Crippen LogP contribution < -0.4 is 0 Å². The molecule has 0 atom stereocenters. The molecular weight excluding hydrogens is 282 g/mol. The van der Waals surface area contributed by atoms with E-state index in [1.807, 2.05) is 4.90 Å². The summed E-state index contributed by atoms with van der Waals surface area (Å²) in [5.74, 6) is 0.355. The molecule has 1 fully saturated rings. The molecule has 0 unspecified atom stereocenters. The molecule has 4 heteroatoms. The van der Waals surface area contributed by atoms with Gasteiger partial charge in [0.2, 0.25) is 0 Å². The lowest BCUT2D eigenvalue weighted by Gasteiger charge is -2.26. The van der Waals surface area contributed by atoms with Gasteiger partial charge >= 0.3 is 0 Å². The lowest BCUT2D eigenvalue weighted by molar-refractivity contribution is 0.0672. The summed E-state index contributed by atoms with van der Waals surface area (Å²) in [4.78, 5) is 14.2. The molecule has 1 saturated carbocycles. The highest BCUT2D eigenvalue weighted by Crippen LogP contribution is 2.25. The van der Waals surface area contributed by atoms with Crippen molar-refractivity contribution in [3.05, 3.63) is 35.2 Å². The Hall–Kier alpha value is -1.03. The summed E-state index contributed by atoms with van der Waals surface area (Å²) in [6.07, 6.45) is 6.35. The summed E-state index contributed by atoms with van der Waals surface area (Å²) < 4.78 is 5.91. The van der Waals surface area contributed by atoms with Crippen LogP contribution in [0, 0.1) is 0 Å². The molecule has 17 heavy (non-hydrogen) atoms. The quantitative estimate of drug-likeness (QED) is 0.796. The van der Waals surface area contributed by atoms with E-state index in [4.69, 9.17) is 4.42 Å². The van der Waals surface area contributed by atoms with E-state index in [0.717, 1.165) is 12.8 Å². The van der Waals surface area contributed by atoms with Crippen LogP contribution in [0.5, 0.6) is 0 Å². The van der Waals surface area contributed by atoms with Gasteiger partial charge in [-0.3, -0.25) is 4.79 Å². The zero-order valence-corrected chi connectivity index (χ0v) is 11.3. The maximum absolute atomic E-state index is 12.3. The molecule has 2 rings (SSSR count). The summed E-state index contributed by atoms with van der Waals surface area (Å²) in [7, 11) is 0. The average Bonchev–Trinajstić information content (AvgIpc) is 2.95. The van der Waals surface area contributed by atoms with E-state index in [2.05, 4.69) is 22.5 Å². The number of carbonyl (C=O) groups is 1. The van der Waals surface area contributed by atoms with Crippen molar-refractivity contribution in [3.63, 3.8) is 0 Å². The van der Waals surface area contributed by atoms with Crippen molar-refractivity contribution < 1.29 is 9.21 Å². The zero-order chi connectivity index (χ0) is 12.3. The SMILES string of the molecule is C=CCN(C(=O)c1ccc(Br)o1)C1CCCC1. The van der Waals surface area contributed by atoms with Crippen LogP contribution in [-0.2, 0) is 0 Å². The van der Waals surface area contributed by atoms with Gasteiger partial charge in [-0.15, -0.1) is 6.58 Å². The number of furan rings is 1. The Morgan fingerprint density at radius 2 is 2.24 bits per heavy atom. The van der Waals surface area contributed by atoms with Gasteiger partial charge in [0, 0.05) is 12.6 Å². The molecule has 92 valence electrons. The van der Waals surface area contributed by atoms with Crippen molar-refractivity contribution in [2.24, 2.45) is 0 Å². The van der Waals surface area contributed by atoms with Gasteiger partial charge in [-0.2, -0.15) is 0 Å². The maximum atomic E-state index is 12.3. The first-order valence-electron chi connectivity index (χ1n) is 5.89. The molecule has 1 amide bonds. The molecule has 1 heterocycles. The summed E-state index contributed by atoms with van der Waals surface area (Å²) in [5, 5.41) is 0. The second kappa shape index (κ2) is 5.54. The summed E-state index contributed by atoms with van der Waals surface area (Å²) in [6, 6.07) is 3.79. The maximum Gasteiger partial charge on any atom is 0.290 e. The summed E-state index contributed by atoms with van der Waals surface area (Å²) >= 11 is 3.21. The molecule has 0 saturated heterocycles. The molecule has 0 aliphatic heterocycles. The van der Waals surface area contributed by atoms with Crippen LogP contribution in [0.15, 0.2) is 33.9 Å². The summed E-state index contributed by atoms with van der Waals surface area (Å²) in [5.41, 5.74) is 0. The van der Waals surface area contributed by atoms with Gasteiger partial charge in [-0.1, -0.05) is 18.9 Å². The van der Waals surface area contributed by atoms with Gasteiger partial charge in [0.15, 0.2) is 10.4 Å². The first-order chi connectivity index (χ1) is 8.22. The molecule has 1 aromatic heterocycles. The van der Waals surface area contributed by atoms with Crippen molar-refractivity contribution in [2.75, 3.05) is 6.54 Å². The van der Waals surface area contributed by atoms with Crippen LogP contribution in [0.2, 0.25) is 0 Å². The topological polar surface area (TPSA) is 33.5 Å². The standard InChI is InChI=1S/C13H16BrNO2/c1-2-9-15(10-5-3-4-6-10)13(16)11-7-8-12(14)17-11/h2,7-8,10H,1,3-6,9H2. The number of carbonyl (C=O) groups excluding carboxylic acids is 1. The first kappa shape index (κ1) is 12.4. The Labute approximate surface area is 110 Å². The third kappa shape index (κ3) is 2.80. The minimum atomic E-state index is -0.0394. The molecule has 0 N–H and O–H groups in total. The smallest absolute Gasteiger partial charge is 0.290 e. The molecule has 0 bridgehead atoms. The number of amides is 1. The number of hydrogen-bond acceptors (Lipinski definition) is 2. The number of rotatable bonds is 4. The lowest BCUT2D eigenvalue weighted by Crippen LogP contribution is -2.38. The van der Waals surface area contributed by atoms with E-state index in [1.165, 1.54) is 12.8 Å². The first-order valence-corrected chi connectivity index (χ1v) is 6.69. The van der Waals surface area contributed by atoms with Gasteiger partial charge in [0.25, 0.3) is 5.91 Å². The average molecular weight is 298 g/mol. The number of halogens is 1. The molecule has 1 aliphatic rings. The Kier molecular flexibility index (Phi) is 4.05. The lowest BCUT2D eigenvalue weighted by atomic mass is 10.2. The highest BCUT2D eigenvalue weighted by Gasteiger charge is 2.28. The van der Waals surface area contributed by atoms with Crippen LogP contribution in [0.25, 0.3) is 0 Å². The Balaban J connectivity index is 2.14. The number of nitrogens with zero attached hydrogens (tertiary/aromatic N) is 1. The van der Waals surface area contributed by atoms with Gasteiger partial charge in [0.05, 0.1) is 0 Å². The van der Waals surface area contributed by atoms with E-state index >= 15 is 0 Å². The normalized spacial score (nSPS) is 16.1. The van der Waals surface area contributed by atoms with Gasteiger partial charge < -0.3 is 9.32 Å². The monoisotopic (exact) mass is 297 g/mol. The van der Waals surface area contributed by atoms with Gasteiger partial charge in [-0.25, -0.2) is 0 Å². The van der Waals surface area contributed by atoms with E-state index in [-0.39, 0.29) is 5.91 Å². The molecule has 3 nitrogen and oxygen atoms in total. The van der Waals surface area contributed by atoms with Crippen LogP contribution >= 0.6 is 15.9 Å². The van der Waals surface area contributed by atoms with Crippen molar-refractivity contribution in [1.82, 2.24) is 4.90 Å². The van der Waals surface area contributed by atoms with Crippen LogP contribution in [-0.4, -0.2) is 23.4 Å². The fourth-order valence-electron chi connectivity index (χ4n) is 2.32. The molecule has 0 radical (unpaired) electrons. The minimum Gasteiger partial charge on any atom is -0.444 e. The Morgan fingerprint density at radius 1 is 1.53 bits per heavy atom. The van der Waals surface area contributed by atoms with Gasteiger partial charge in [-0.05, 0) is 40.9 Å². The van der Waals surface area contributed by atoms with E-state index < -0.39 is 0 Å². The molecule has 1 aliphatic carbocycles. The highest BCUT2D eigenvalue weighted by atomic mass is 79.9. The van der Waals surface area contributed by atoms with Crippen molar-refractivity contribution >= 4 is 21.8 Å². The summed E-state index contributed by atoms with van der Waals surface area (Å²) in [6.45, 7) is 4.30. The molecule has 0 spiro atoms. The fraction of sp³-hybridized carbons (Fsp3) is 0.462. The van der Waals surface area contributed by atoms with E-state index in [1.54, 1.807) is 18.2 Å². The van der Waals surface area contributed by atoms with Crippen molar-refractivity contribution in [2.45, 2.75) is 31.7 Å². The second-order valence-electron chi connectivity index (χ2n) is 4.29. The third-order valence-corrected chi connectivity index (χ3v) is 3.56.